The fourth-order valence-corrected chi connectivity index (χ4v) is 5.14. The number of carbonyl (C=O) groups is 2. The molecular formula is C12H19NO3S2. The third kappa shape index (κ3) is 3.35. The van der Waals surface area contributed by atoms with Crippen LogP contribution in [0.15, 0.2) is 0 Å². The summed E-state index contributed by atoms with van der Waals surface area (Å²) in [6, 6.07) is 0. The minimum Gasteiger partial charge on any atom is -0.481 e. The number of carboxylic acids is 1. The van der Waals surface area contributed by atoms with E-state index in [9.17, 15) is 9.59 Å². The van der Waals surface area contributed by atoms with Crippen LogP contribution in [-0.2, 0) is 9.59 Å². The Kier molecular flexibility index (Phi) is 4.84. The molecule has 0 spiro atoms. The maximum atomic E-state index is 12.1. The largest absolute Gasteiger partial charge is 0.481 e. The number of rotatable bonds is 3. The summed E-state index contributed by atoms with van der Waals surface area (Å²) in [5, 5.41) is 9.47. The van der Waals surface area contributed by atoms with E-state index >= 15 is 0 Å². The van der Waals surface area contributed by atoms with Crippen molar-refractivity contribution in [1.29, 1.82) is 0 Å². The fraction of sp³-hybridized carbons (Fsp3) is 0.833. The average Bonchev–Trinajstić information content (AvgIpc) is 2.73. The number of hydrogen-bond donors (Lipinski definition) is 1. The van der Waals surface area contributed by atoms with Gasteiger partial charge in [0.05, 0.1) is 5.92 Å². The Morgan fingerprint density at radius 1 is 1.33 bits per heavy atom. The molecule has 1 amide bonds. The van der Waals surface area contributed by atoms with Crippen LogP contribution in [0, 0.1) is 11.8 Å². The van der Waals surface area contributed by atoms with Gasteiger partial charge in [-0.15, -0.1) is 0 Å². The van der Waals surface area contributed by atoms with Gasteiger partial charge in [-0.3, -0.25) is 9.59 Å². The summed E-state index contributed by atoms with van der Waals surface area (Å²) in [5.74, 6) is 2.38. The molecule has 0 aromatic heterocycles. The van der Waals surface area contributed by atoms with E-state index in [0.717, 1.165) is 11.5 Å². The molecule has 1 N–H and O–H groups in total. The lowest BCUT2D eigenvalue weighted by molar-refractivity contribution is -0.142. The first-order valence-corrected chi connectivity index (χ1v) is 8.48. The lowest BCUT2D eigenvalue weighted by Gasteiger charge is -2.23. The maximum Gasteiger partial charge on any atom is 0.308 e. The van der Waals surface area contributed by atoms with Crippen LogP contribution in [0.5, 0.6) is 0 Å². The molecule has 0 radical (unpaired) electrons. The van der Waals surface area contributed by atoms with Gasteiger partial charge >= 0.3 is 5.97 Å². The summed E-state index contributed by atoms with van der Waals surface area (Å²) < 4.78 is 0. The van der Waals surface area contributed by atoms with Gasteiger partial charge in [0.15, 0.2) is 0 Å². The molecule has 0 aromatic rings. The van der Waals surface area contributed by atoms with E-state index in [4.69, 9.17) is 5.11 Å². The summed E-state index contributed by atoms with van der Waals surface area (Å²) in [7, 11) is 0. The van der Waals surface area contributed by atoms with Crippen LogP contribution < -0.4 is 0 Å². The normalized spacial score (nSPS) is 32.5. The zero-order valence-corrected chi connectivity index (χ0v) is 12.1. The standard InChI is InChI=1S/C12H19NO3S2/c1-8-5-13(6-10(8)12(15)16)11(14)4-9-7-17-2-3-18-9/h8-10H,2-7H2,1H3,(H,15,16)/t8-,9?,10-/m1/s1. The quantitative estimate of drug-likeness (QED) is 0.851. The van der Waals surface area contributed by atoms with Crippen molar-refractivity contribution in [1.82, 2.24) is 4.90 Å². The number of thioether (sulfide) groups is 2. The second-order valence-corrected chi connectivity index (χ2v) is 7.55. The van der Waals surface area contributed by atoms with E-state index < -0.39 is 5.97 Å². The van der Waals surface area contributed by atoms with Crippen molar-refractivity contribution < 1.29 is 14.7 Å². The van der Waals surface area contributed by atoms with Crippen LogP contribution in [0.4, 0.5) is 0 Å². The molecule has 4 nitrogen and oxygen atoms in total. The van der Waals surface area contributed by atoms with Crippen molar-refractivity contribution in [3.05, 3.63) is 0 Å². The van der Waals surface area contributed by atoms with Crippen LogP contribution in [-0.4, -0.2) is 57.5 Å². The molecule has 6 heteroatoms. The van der Waals surface area contributed by atoms with Crippen molar-refractivity contribution in [3.8, 4) is 0 Å². The summed E-state index contributed by atoms with van der Waals surface area (Å²) in [6.07, 6.45) is 0.566. The van der Waals surface area contributed by atoms with Gasteiger partial charge < -0.3 is 10.0 Å². The van der Waals surface area contributed by atoms with Gasteiger partial charge in [0.25, 0.3) is 0 Å². The number of carbonyl (C=O) groups excluding carboxylic acids is 1. The van der Waals surface area contributed by atoms with Gasteiger partial charge in [-0.1, -0.05) is 6.92 Å². The van der Waals surface area contributed by atoms with E-state index in [0.29, 0.717) is 24.8 Å². The predicted molar refractivity (Wildman–Crippen MR) is 75.1 cm³/mol. The monoisotopic (exact) mass is 289 g/mol. The van der Waals surface area contributed by atoms with Gasteiger partial charge in [-0.05, 0) is 5.92 Å². The Bertz CT molecular complexity index is 331. The second kappa shape index (κ2) is 6.19. The molecule has 3 atom stereocenters. The van der Waals surface area contributed by atoms with Crippen LogP contribution in [0.1, 0.15) is 13.3 Å². The summed E-state index contributed by atoms with van der Waals surface area (Å²) >= 11 is 3.78. The van der Waals surface area contributed by atoms with Crippen LogP contribution >= 0.6 is 23.5 Å². The number of nitrogens with zero attached hydrogens (tertiary/aromatic N) is 1. The Hall–Kier alpha value is -0.360. The van der Waals surface area contributed by atoms with Crippen LogP contribution in [0.25, 0.3) is 0 Å². The van der Waals surface area contributed by atoms with Crippen molar-refractivity contribution >= 4 is 35.4 Å². The Morgan fingerprint density at radius 2 is 2.11 bits per heavy atom. The number of hydrogen-bond acceptors (Lipinski definition) is 4. The van der Waals surface area contributed by atoms with E-state index in [1.807, 2.05) is 30.4 Å². The smallest absolute Gasteiger partial charge is 0.308 e. The first-order chi connectivity index (χ1) is 8.58. The molecular weight excluding hydrogens is 270 g/mol. The topological polar surface area (TPSA) is 57.6 Å². The Morgan fingerprint density at radius 3 is 2.67 bits per heavy atom. The minimum atomic E-state index is -0.777. The Balaban J connectivity index is 1.84. The zero-order valence-electron chi connectivity index (χ0n) is 10.5. The highest BCUT2D eigenvalue weighted by Gasteiger charge is 2.37. The molecule has 18 heavy (non-hydrogen) atoms. The molecule has 0 aliphatic carbocycles. The van der Waals surface area contributed by atoms with Gasteiger partial charge in [-0.2, -0.15) is 23.5 Å². The van der Waals surface area contributed by atoms with E-state index in [1.165, 1.54) is 5.75 Å². The molecule has 0 saturated carbocycles. The molecule has 2 fully saturated rings. The van der Waals surface area contributed by atoms with Crippen molar-refractivity contribution in [2.45, 2.75) is 18.6 Å². The molecule has 2 aliphatic heterocycles. The van der Waals surface area contributed by atoms with Crippen molar-refractivity contribution in [3.63, 3.8) is 0 Å². The average molecular weight is 289 g/mol. The van der Waals surface area contributed by atoms with Gasteiger partial charge in [0.2, 0.25) is 5.91 Å². The summed E-state index contributed by atoms with van der Waals surface area (Å²) in [6.45, 7) is 2.90. The highest BCUT2D eigenvalue weighted by molar-refractivity contribution is 8.06. The molecule has 0 bridgehead atoms. The number of carboxylic acid groups (broad SMARTS) is 1. The molecule has 102 valence electrons. The van der Waals surface area contributed by atoms with Gasteiger partial charge in [-0.25, -0.2) is 0 Å². The number of likely N-dealkylation sites (tertiary alicyclic amines) is 1. The van der Waals surface area contributed by atoms with Gasteiger partial charge in [0.1, 0.15) is 0 Å². The molecule has 2 aliphatic rings. The zero-order chi connectivity index (χ0) is 13.1. The highest BCUT2D eigenvalue weighted by Crippen LogP contribution is 2.29. The summed E-state index contributed by atoms with van der Waals surface area (Å²) in [4.78, 5) is 24.9. The molecule has 2 rings (SSSR count). The first kappa shape index (κ1) is 14.1. The first-order valence-electron chi connectivity index (χ1n) is 6.28. The second-order valence-electron chi connectivity index (χ2n) is 4.99. The van der Waals surface area contributed by atoms with Crippen molar-refractivity contribution in [2.24, 2.45) is 11.8 Å². The fourth-order valence-electron chi connectivity index (χ4n) is 2.47. The molecule has 2 saturated heterocycles. The van der Waals surface area contributed by atoms with Crippen LogP contribution in [0.3, 0.4) is 0 Å². The Labute approximate surface area is 116 Å². The van der Waals surface area contributed by atoms with Gasteiger partial charge in [0, 0.05) is 42.0 Å². The number of amides is 1. The highest BCUT2D eigenvalue weighted by atomic mass is 32.2. The predicted octanol–water partition coefficient (Wildman–Crippen LogP) is 1.40. The molecule has 1 unspecified atom stereocenters. The molecule has 0 aromatic carbocycles. The lowest BCUT2D eigenvalue weighted by Crippen LogP contribution is -2.33. The molecule has 2 heterocycles. The van der Waals surface area contributed by atoms with E-state index in [1.54, 1.807) is 4.90 Å². The third-order valence-electron chi connectivity index (χ3n) is 3.57. The SMILES string of the molecule is C[C@@H]1CN(C(=O)CC2CSCCS2)C[C@H]1C(=O)O. The number of aliphatic carboxylic acids is 1. The minimum absolute atomic E-state index is 0.0693. The van der Waals surface area contributed by atoms with Crippen LogP contribution in [0.2, 0.25) is 0 Å². The lowest BCUT2D eigenvalue weighted by atomic mass is 9.99. The summed E-state index contributed by atoms with van der Waals surface area (Å²) in [5.41, 5.74) is 0. The maximum absolute atomic E-state index is 12.1. The van der Waals surface area contributed by atoms with E-state index in [2.05, 4.69) is 0 Å². The van der Waals surface area contributed by atoms with E-state index in [-0.39, 0.29) is 17.7 Å². The third-order valence-corrected chi connectivity index (χ3v) is 6.41. The van der Waals surface area contributed by atoms with Crippen molar-refractivity contribution in [2.75, 3.05) is 30.3 Å².